The molecule has 0 bridgehead atoms. The molecule has 8 heteroatoms. The predicted octanol–water partition coefficient (Wildman–Crippen LogP) is 3.86. The van der Waals surface area contributed by atoms with E-state index in [1.165, 1.54) is 24.3 Å². The summed E-state index contributed by atoms with van der Waals surface area (Å²) in [5.74, 6) is -0.556. The van der Waals surface area contributed by atoms with E-state index in [9.17, 15) is 19.7 Å². The van der Waals surface area contributed by atoms with Gasteiger partial charge in [0, 0.05) is 23.5 Å². The lowest BCUT2D eigenvalue weighted by Crippen LogP contribution is -2.21. The molecule has 0 aliphatic carbocycles. The first-order valence-electron chi connectivity index (χ1n) is 8.65. The molecule has 3 aromatic carbocycles. The van der Waals surface area contributed by atoms with Gasteiger partial charge < -0.3 is 15.4 Å². The van der Waals surface area contributed by atoms with E-state index in [4.69, 9.17) is 4.74 Å². The van der Waals surface area contributed by atoms with E-state index in [0.29, 0.717) is 16.9 Å². The maximum absolute atomic E-state index is 12.5. The quantitative estimate of drug-likeness (QED) is 0.469. The molecule has 3 aromatic rings. The number of ether oxygens (including phenoxy) is 1. The molecule has 0 aliphatic heterocycles. The van der Waals surface area contributed by atoms with E-state index in [-0.39, 0.29) is 24.0 Å². The van der Waals surface area contributed by atoms with Crippen LogP contribution in [0.5, 0.6) is 5.75 Å². The number of carbonyl (C=O) groups excluding carboxylic acids is 2. The third kappa shape index (κ3) is 5.39. The van der Waals surface area contributed by atoms with E-state index in [0.717, 1.165) is 0 Å². The Labute approximate surface area is 166 Å². The second-order valence-corrected chi connectivity index (χ2v) is 5.96. The fraction of sp³-hybridized carbons (Fsp3) is 0.0476. The highest BCUT2D eigenvalue weighted by molar-refractivity contribution is 6.06. The molecular weight excluding hydrogens is 374 g/mol. The Hall–Kier alpha value is -4.20. The van der Waals surface area contributed by atoms with Crippen LogP contribution in [0.2, 0.25) is 0 Å². The van der Waals surface area contributed by atoms with Gasteiger partial charge in [-0.2, -0.15) is 0 Å². The first-order chi connectivity index (χ1) is 14.0. The Morgan fingerprint density at radius 2 is 1.45 bits per heavy atom. The summed E-state index contributed by atoms with van der Waals surface area (Å²) in [6, 6.07) is 21.0. The average molecular weight is 391 g/mol. The van der Waals surface area contributed by atoms with Crippen LogP contribution in [-0.2, 0) is 4.79 Å². The molecule has 0 saturated carbocycles. The van der Waals surface area contributed by atoms with Crippen molar-refractivity contribution in [1.29, 1.82) is 0 Å². The smallest absolute Gasteiger partial charge is 0.269 e. The van der Waals surface area contributed by atoms with Gasteiger partial charge in [-0.1, -0.05) is 30.3 Å². The van der Waals surface area contributed by atoms with Crippen molar-refractivity contribution in [3.8, 4) is 5.75 Å². The van der Waals surface area contributed by atoms with Crippen molar-refractivity contribution < 1.29 is 19.2 Å². The third-order valence-electron chi connectivity index (χ3n) is 3.88. The molecule has 0 aliphatic rings. The molecule has 2 amide bonds. The molecule has 2 N–H and O–H groups in total. The summed E-state index contributed by atoms with van der Waals surface area (Å²) >= 11 is 0. The first-order valence-corrected chi connectivity index (χ1v) is 8.65. The van der Waals surface area contributed by atoms with Gasteiger partial charge in [0.05, 0.1) is 10.5 Å². The fourth-order valence-electron chi connectivity index (χ4n) is 2.51. The van der Waals surface area contributed by atoms with Crippen LogP contribution in [0.3, 0.4) is 0 Å². The molecule has 29 heavy (non-hydrogen) atoms. The number of nitro benzene ring substituents is 1. The molecule has 0 heterocycles. The molecule has 0 saturated heterocycles. The number of hydrogen-bond donors (Lipinski definition) is 2. The fourth-order valence-corrected chi connectivity index (χ4v) is 2.51. The Morgan fingerprint density at radius 1 is 0.828 bits per heavy atom. The van der Waals surface area contributed by atoms with Crippen LogP contribution in [0.25, 0.3) is 0 Å². The number of nitro groups is 1. The lowest BCUT2D eigenvalue weighted by atomic mass is 10.2. The van der Waals surface area contributed by atoms with Crippen LogP contribution in [-0.4, -0.2) is 23.3 Å². The molecule has 0 spiro atoms. The number of anilines is 2. The summed E-state index contributed by atoms with van der Waals surface area (Å²) in [6.45, 7) is -0.327. The normalized spacial score (nSPS) is 10.1. The molecule has 0 atom stereocenters. The summed E-state index contributed by atoms with van der Waals surface area (Å²) in [5.41, 5.74) is 1.26. The minimum Gasteiger partial charge on any atom is -0.483 e. The Balaban J connectivity index is 1.61. The van der Waals surface area contributed by atoms with Crippen molar-refractivity contribution in [2.45, 2.75) is 0 Å². The predicted molar refractivity (Wildman–Crippen MR) is 108 cm³/mol. The second-order valence-electron chi connectivity index (χ2n) is 5.96. The van der Waals surface area contributed by atoms with Crippen LogP contribution in [0.15, 0.2) is 78.9 Å². The van der Waals surface area contributed by atoms with Gasteiger partial charge in [-0.3, -0.25) is 19.7 Å². The molecule has 146 valence electrons. The van der Waals surface area contributed by atoms with Gasteiger partial charge in [-0.15, -0.1) is 0 Å². The third-order valence-corrected chi connectivity index (χ3v) is 3.88. The van der Waals surface area contributed by atoms with Gasteiger partial charge in [0.15, 0.2) is 6.61 Å². The van der Waals surface area contributed by atoms with Gasteiger partial charge in [-0.05, 0) is 36.4 Å². The minimum absolute atomic E-state index is 0.0717. The Bertz CT molecular complexity index is 1020. The minimum atomic E-state index is -0.522. The average Bonchev–Trinajstić information content (AvgIpc) is 2.73. The number of nitrogens with one attached hydrogen (secondary N) is 2. The number of benzene rings is 3. The van der Waals surface area contributed by atoms with Crippen molar-refractivity contribution in [2.24, 2.45) is 0 Å². The summed E-state index contributed by atoms with van der Waals surface area (Å²) in [4.78, 5) is 34.8. The van der Waals surface area contributed by atoms with Gasteiger partial charge in [0.2, 0.25) is 0 Å². The topological polar surface area (TPSA) is 111 Å². The van der Waals surface area contributed by atoms with E-state index in [2.05, 4.69) is 10.6 Å². The van der Waals surface area contributed by atoms with Crippen LogP contribution in [0.1, 0.15) is 10.4 Å². The lowest BCUT2D eigenvalue weighted by Gasteiger charge is -2.12. The summed E-state index contributed by atoms with van der Waals surface area (Å²) in [7, 11) is 0. The van der Waals surface area contributed by atoms with Crippen molar-refractivity contribution in [1.82, 2.24) is 0 Å². The van der Waals surface area contributed by atoms with Gasteiger partial charge in [0.1, 0.15) is 5.75 Å². The van der Waals surface area contributed by atoms with E-state index in [1.807, 2.05) is 6.07 Å². The van der Waals surface area contributed by atoms with Crippen molar-refractivity contribution >= 4 is 28.9 Å². The van der Waals surface area contributed by atoms with E-state index >= 15 is 0 Å². The van der Waals surface area contributed by atoms with E-state index in [1.54, 1.807) is 48.5 Å². The maximum Gasteiger partial charge on any atom is 0.269 e. The number of hydrogen-bond acceptors (Lipinski definition) is 5. The van der Waals surface area contributed by atoms with Crippen LogP contribution in [0.4, 0.5) is 17.1 Å². The van der Waals surface area contributed by atoms with Crippen molar-refractivity contribution in [3.63, 3.8) is 0 Å². The SMILES string of the molecule is O=C(COc1ccccc1C(=O)Nc1ccccc1)Nc1ccc([N+](=O)[O-])cc1. The summed E-state index contributed by atoms with van der Waals surface area (Å²) < 4.78 is 5.51. The standard InChI is InChI=1S/C21H17N3O5/c25-20(22-16-10-12-17(13-11-16)24(27)28)14-29-19-9-5-4-8-18(19)21(26)23-15-6-2-1-3-7-15/h1-13H,14H2,(H,22,25)(H,23,26). The van der Waals surface area contributed by atoms with E-state index < -0.39 is 10.8 Å². The molecule has 0 fully saturated rings. The van der Waals surface area contributed by atoms with Crippen molar-refractivity contribution in [2.75, 3.05) is 17.2 Å². The van der Waals surface area contributed by atoms with Crippen molar-refractivity contribution in [3.05, 3.63) is 94.5 Å². The van der Waals surface area contributed by atoms with Gasteiger partial charge >= 0.3 is 0 Å². The van der Waals surface area contributed by atoms with Crippen LogP contribution < -0.4 is 15.4 Å². The highest BCUT2D eigenvalue weighted by Gasteiger charge is 2.14. The molecule has 0 radical (unpaired) electrons. The highest BCUT2D eigenvalue weighted by Crippen LogP contribution is 2.20. The van der Waals surface area contributed by atoms with Crippen LogP contribution in [0, 0.1) is 10.1 Å². The zero-order valence-corrected chi connectivity index (χ0v) is 15.2. The number of rotatable bonds is 7. The Kier molecular flexibility index (Phi) is 6.16. The molecule has 8 nitrogen and oxygen atoms in total. The second kappa shape index (κ2) is 9.14. The lowest BCUT2D eigenvalue weighted by molar-refractivity contribution is -0.384. The molecular formula is C21H17N3O5. The number of carbonyl (C=O) groups is 2. The summed E-state index contributed by atoms with van der Waals surface area (Å²) in [5, 5.41) is 16.0. The number of amides is 2. The monoisotopic (exact) mass is 391 g/mol. The molecule has 3 rings (SSSR count). The van der Waals surface area contributed by atoms with Gasteiger partial charge in [0.25, 0.3) is 17.5 Å². The molecule has 0 unspecified atom stereocenters. The highest BCUT2D eigenvalue weighted by atomic mass is 16.6. The molecule has 0 aromatic heterocycles. The number of para-hydroxylation sites is 2. The van der Waals surface area contributed by atoms with Crippen LogP contribution >= 0.6 is 0 Å². The number of non-ortho nitro benzene ring substituents is 1. The van der Waals surface area contributed by atoms with Gasteiger partial charge in [-0.25, -0.2) is 0 Å². The zero-order chi connectivity index (χ0) is 20.6. The zero-order valence-electron chi connectivity index (χ0n) is 15.2. The largest absolute Gasteiger partial charge is 0.483 e. The summed E-state index contributed by atoms with van der Waals surface area (Å²) in [6.07, 6.45) is 0. The maximum atomic E-state index is 12.5. The Morgan fingerprint density at radius 3 is 2.14 bits per heavy atom. The first kappa shape index (κ1) is 19.6. The number of nitrogens with zero attached hydrogens (tertiary/aromatic N) is 1.